The van der Waals surface area contributed by atoms with E-state index in [2.05, 4.69) is 15.9 Å². The van der Waals surface area contributed by atoms with Crippen molar-refractivity contribution in [3.8, 4) is 5.75 Å². The summed E-state index contributed by atoms with van der Waals surface area (Å²) in [6.07, 6.45) is 0. The van der Waals surface area contributed by atoms with Crippen LogP contribution in [0.4, 0.5) is 0 Å². The fraction of sp³-hybridized carbons (Fsp3) is 0.111. The first-order valence-corrected chi connectivity index (χ1v) is 5.39. The summed E-state index contributed by atoms with van der Waals surface area (Å²) in [6, 6.07) is 3.51. The van der Waals surface area contributed by atoms with E-state index in [1.54, 1.807) is 6.07 Å². The smallest absolute Gasteiger partial charge is 0.133 e. The molecule has 0 aliphatic heterocycles. The van der Waals surface area contributed by atoms with E-state index < -0.39 is 0 Å². The fourth-order valence-corrected chi connectivity index (χ4v) is 2.78. The first-order valence-electron chi connectivity index (χ1n) is 3.72. The van der Waals surface area contributed by atoms with Crippen LogP contribution in [-0.4, -0.2) is 10.2 Å². The van der Waals surface area contributed by atoms with Crippen LogP contribution in [0.15, 0.2) is 22.0 Å². The Labute approximate surface area is 87.6 Å². The minimum Gasteiger partial charge on any atom is -0.506 e. The highest BCUT2D eigenvalue weighted by atomic mass is 79.9. The van der Waals surface area contributed by atoms with Gasteiger partial charge in [-0.15, -0.1) is 11.3 Å². The molecule has 0 unspecified atom stereocenters. The summed E-state index contributed by atoms with van der Waals surface area (Å²) in [6.45, 7) is -0.0695. The molecule has 0 saturated carbocycles. The van der Waals surface area contributed by atoms with E-state index in [9.17, 15) is 5.11 Å². The molecule has 0 aliphatic rings. The Morgan fingerprint density at radius 1 is 1.46 bits per heavy atom. The number of aromatic hydroxyl groups is 1. The molecule has 1 heterocycles. The van der Waals surface area contributed by atoms with E-state index >= 15 is 0 Å². The van der Waals surface area contributed by atoms with E-state index in [-0.39, 0.29) is 12.4 Å². The lowest BCUT2D eigenvalue weighted by atomic mass is 10.1. The summed E-state index contributed by atoms with van der Waals surface area (Å²) in [4.78, 5) is 0. The molecule has 2 aromatic rings. The topological polar surface area (TPSA) is 40.5 Å². The molecule has 0 saturated heterocycles. The van der Waals surface area contributed by atoms with E-state index in [1.807, 2.05) is 11.4 Å². The van der Waals surface area contributed by atoms with E-state index in [0.717, 1.165) is 14.6 Å². The summed E-state index contributed by atoms with van der Waals surface area (Å²) in [5.41, 5.74) is 0.711. The third-order valence-corrected chi connectivity index (χ3v) is 3.77. The molecular weight excluding hydrogens is 252 g/mol. The molecule has 2 rings (SSSR count). The van der Waals surface area contributed by atoms with E-state index in [0.29, 0.717) is 5.56 Å². The molecule has 68 valence electrons. The maximum absolute atomic E-state index is 9.57. The largest absolute Gasteiger partial charge is 0.506 e. The Morgan fingerprint density at radius 3 is 2.92 bits per heavy atom. The standard InChI is InChI=1S/C9H7BrO2S/c10-8-5(4-11)3-7(12)9-6(8)1-2-13-9/h1-3,11-12H,4H2. The number of aliphatic hydroxyl groups excluding tert-OH is 1. The van der Waals surface area contributed by atoms with Crippen LogP contribution >= 0.6 is 27.3 Å². The Kier molecular flexibility index (Phi) is 2.27. The highest BCUT2D eigenvalue weighted by molar-refractivity contribution is 9.10. The molecule has 0 amide bonds. The van der Waals surface area contributed by atoms with Crippen LogP contribution in [0.25, 0.3) is 10.1 Å². The lowest BCUT2D eigenvalue weighted by Gasteiger charge is -2.03. The Morgan fingerprint density at radius 2 is 2.23 bits per heavy atom. The number of rotatable bonds is 1. The molecular formula is C9H7BrO2S. The molecule has 13 heavy (non-hydrogen) atoms. The lowest BCUT2D eigenvalue weighted by Crippen LogP contribution is -1.85. The number of fused-ring (bicyclic) bond motifs is 1. The van der Waals surface area contributed by atoms with Gasteiger partial charge in [0.25, 0.3) is 0 Å². The predicted molar refractivity (Wildman–Crippen MR) is 57.1 cm³/mol. The molecule has 0 fully saturated rings. The zero-order valence-electron chi connectivity index (χ0n) is 6.62. The second-order valence-electron chi connectivity index (χ2n) is 2.69. The monoisotopic (exact) mass is 258 g/mol. The predicted octanol–water partition coefficient (Wildman–Crippen LogP) is 2.86. The molecule has 4 heteroatoms. The van der Waals surface area contributed by atoms with Gasteiger partial charge < -0.3 is 10.2 Å². The number of hydrogen-bond acceptors (Lipinski definition) is 3. The maximum atomic E-state index is 9.57. The van der Waals surface area contributed by atoms with E-state index in [1.165, 1.54) is 11.3 Å². The van der Waals surface area contributed by atoms with Crippen molar-refractivity contribution in [3.05, 3.63) is 27.5 Å². The average molecular weight is 259 g/mol. The van der Waals surface area contributed by atoms with Crippen LogP contribution in [-0.2, 0) is 6.61 Å². The third kappa shape index (κ3) is 1.35. The minimum absolute atomic E-state index is 0.0695. The van der Waals surface area contributed by atoms with Crippen LogP contribution in [0.5, 0.6) is 5.75 Å². The maximum Gasteiger partial charge on any atom is 0.133 e. The normalized spacial score (nSPS) is 10.9. The fourth-order valence-electron chi connectivity index (χ4n) is 1.26. The van der Waals surface area contributed by atoms with Gasteiger partial charge in [0.1, 0.15) is 5.75 Å². The van der Waals surface area contributed by atoms with Crippen molar-refractivity contribution in [2.75, 3.05) is 0 Å². The van der Waals surface area contributed by atoms with Gasteiger partial charge in [-0.05, 0) is 39.0 Å². The van der Waals surface area contributed by atoms with Gasteiger partial charge in [-0.2, -0.15) is 0 Å². The van der Waals surface area contributed by atoms with Gasteiger partial charge in [-0.3, -0.25) is 0 Å². The van der Waals surface area contributed by atoms with Crippen LogP contribution in [0.2, 0.25) is 0 Å². The van der Waals surface area contributed by atoms with Crippen molar-refractivity contribution in [2.45, 2.75) is 6.61 Å². The number of hydrogen-bond donors (Lipinski definition) is 2. The average Bonchev–Trinajstić information content (AvgIpc) is 2.60. The Hall–Kier alpha value is -0.580. The molecule has 1 aromatic heterocycles. The molecule has 2 N–H and O–H groups in total. The van der Waals surface area contributed by atoms with Crippen LogP contribution in [0.1, 0.15) is 5.56 Å². The molecule has 0 spiro atoms. The third-order valence-electron chi connectivity index (χ3n) is 1.90. The van der Waals surface area contributed by atoms with Crippen LogP contribution in [0.3, 0.4) is 0 Å². The second-order valence-corrected chi connectivity index (χ2v) is 4.40. The zero-order valence-corrected chi connectivity index (χ0v) is 9.02. The van der Waals surface area contributed by atoms with Crippen molar-refractivity contribution in [3.63, 3.8) is 0 Å². The summed E-state index contributed by atoms with van der Waals surface area (Å²) < 4.78 is 1.72. The highest BCUT2D eigenvalue weighted by Gasteiger charge is 2.09. The second kappa shape index (κ2) is 3.29. The van der Waals surface area contributed by atoms with Gasteiger partial charge in [0.05, 0.1) is 11.3 Å². The first kappa shape index (κ1) is 8.99. The van der Waals surface area contributed by atoms with Crippen molar-refractivity contribution in [1.29, 1.82) is 0 Å². The Balaban J connectivity index is 2.85. The summed E-state index contributed by atoms with van der Waals surface area (Å²) in [5, 5.41) is 21.4. The van der Waals surface area contributed by atoms with Crippen molar-refractivity contribution >= 4 is 37.4 Å². The number of halogens is 1. The number of phenols is 1. The van der Waals surface area contributed by atoms with Gasteiger partial charge in [0.2, 0.25) is 0 Å². The molecule has 0 atom stereocenters. The van der Waals surface area contributed by atoms with Crippen molar-refractivity contribution < 1.29 is 10.2 Å². The van der Waals surface area contributed by atoms with Gasteiger partial charge in [0, 0.05) is 9.86 Å². The molecule has 0 aliphatic carbocycles. The molecule has 0 bridgehead atoms. The van der Waals surface area contributed by atoms with Gasteiger partial charge in [-0.1, -0.05) is 0 Å². The summed E-state index contributed by atoms with van der Waals surface area (Å²) in [7, 11) is 0. The highest BCUT2D eigenvalue weighted by Crippen LogP contribution is 2.37. The molecule has 0 radical (unpaired) electrons. The Bertz CT molecular complexity index is 450. The van der Waals surface area contributed by atoms with Crippen LogP contribution in [0, 0.1) is 0 Å². The number of benzene rings is 1. The number of aliphatic hydroxyl groups is 1. The minimum atomic E-state index is -0.0695. The van der Waals surface area contributed by atoms with Crippen LogP contribution < -0.4 is 0 Å². The summed E-state index contributed by atoms with van der Waals surface area (Å²) >= 11 is 4.88. The van der Waals surface area contributed by atoms with Gasteiger partial charge in [0.15, 0.2) is 0 Å². The molecule has 2 nitrogen and oxygen atoms in total. The molecule has 1 aromatic carbocycles. The lowest BCUT2D eigenvalue weighted by molar-refractivity contribution is 0.280. The van der Waals surface area contributed by atoms with Crippen molar-refractivity contribution in [1.82, 2.24) is 0 Å². The first-order chi connectivity index (χ1) is 6.24. The number of phenolic OH excluding ortho intramolecular Hbond substituents is 1. The quantitative estimate of drug-likeness (QED) is 0.826. The van der Waals surface area contributed by atoms with Gasteiger partial charge >= 0.3 is 0 Å². The summed E-state index contributed by atoms with van der Waals surface area (Å²) in [5.74, 6) is 0.234. The number of thiophene rings is 1. The van der Waals surface area contributed by atoms with E-state index in [4.69, 9.17) is 5.11 Å². The zero-order chi connectivity index (χ0) is 9.42. The van der Waals surface area contributed by atoms with Crippen molar-refractivity contribution in [2.24, 2.45) is 0 Å². The van der Waals surface area contributed by atoms with Gasteiger partial charge in [-0.25, -0.2) is 0 Å². The SMILES string of the molecule is OCc1cc(O)c2sccc2c1Br.